The van der Waals surface area contributed by atoms with Gasteiger partial charge in [-0.25, -0.2) is 4.98 Å². The molecule has 1 N–H and O–H groups in total. The largest absolute Gasteiger partial charge is 0.300 e. The molecule has 1 heterocycles. The molecule has 0 aromatic carbocycles. The van der Waals surface area contributed by atoms with Crippen molar-refractivity contribution in [3.05, 3.63) is 29.0 Å². The number of aromatic nitrogens is 1. The van der Waals surface area contributed by atoms with Gasteiger partial charge in [-0.15, -0.1) is 0 Å². The predicted molar refractivity (Wildman–Crippen MR) is 46.6 cm³/mol. The number of nitriles is 1. The van der Waals surface area contributed by atoms with Crippen LogP contribution in [0.1, 0.15) is 5.56 Å². The highest BCUT2D eigenvalue weighted by Gasteiger charge is 1.97. The van der Waals surface area contributed by atoms with Gasteiger partial charge in [-0.2, -0.15) is 5.26 Å². The number of halogens is 1. The van der Waals surface area contributed by atoms with E-state index >= 15 is 0 Å². The number of nitrogens with zero attached hydrogens (tertiary/aromatic N) is 2. The SMILES string of the molecule is N#CCNCc1cccnc1Cl. The molecule has 62 valence electrons. The third kappa shape index (κ3) is 2.50. The van der Waals surface area contributed by atoms with Crippen LogP contribution in [0, 0.1) is 11.3 Å². The van der Waals surface area contributed by atoms with Crippen LogP contribution in [0.4, 0.5) is 0 Å². The zero-order valence-corrected chi connectivity index (χ0v) is 7.17. The summed E-state index contributed by atoms with van der Waals surface area (Å²) in [4.78, 5) is 3.90. The van der Waals surface area contributed by atoms with Crippen molar-refractivity contribution in [2.24, 2.45) is 0 Å². The molecule has 0 amide bonds. The molecule has 0 unspecified atom stereocenters. The van der Waals surface area contributed by atoms with Gasteiger partial charge in [0.25, 0.3) is 0 Å². The number of hydrogen-bond donors (Lipinski definition) is 1. The van der Waals surface area contributed by atoms with Crippen LogP contribution in [0.25, 0.3) is 0 Å². The Morgan fingerprint density at radius 2 is 2.50 bits per heavy atom. The average molecular weight is 182 g/mol. The molecule has 4 heteroatoms. The summed E-state index contributed by atoms with van der Waals surface area (Å²) in [5.74, 6) is 0. The molecule has 0 saturated heterocycles. The molecule has 0 saturated carbocycles. The lowest BCUT2D eigenvalue weighted by Crippen LogP contribution is -2.13. The Morgan fingerprint density at radius 3 is 3.17 bits per heavy atom. The summed E-state index contributed by atoms with van der Waals surface area (Å²) >= 11 is 5.77. The van der Waals surface area contributed by atoms with E-state index in [0.29, 0.717) is 18.2 Å². The van der Waals surface area contributed by atoms with Gasteiger partial charge in [0.2, 0.25) is 0 Å². The van der Waals surface area contributed by atoms with Gasteiger partial charge < -0.3 is 5.32 Å². The van der Waals surface area contributed by atoms with E-state index in [1.54, 1.807) is 6.20 Å². The predicted octanol–water partition coefficient (Wildman–Crippen LogP) is 1.35. The first kappa shape index (κ1) is 8.98. The van der Waals surface area contributed by atoms with Gasteiger partial charge in [-0.1, -0.05) is 17.7 Å². The summed E-state index contributed by atoms with van der Waals surface area (Å²) in [6, 6.07) is 5.67. The maximum absolute atomic E-state index is 8.25. The smallest absolute Gasteiger partial charge is 0.133 e. The summed E-state index contributed by atoms with van der Waals surface area (Å²) in [5, 5.41) is 11.6. The van der Waals surface area contributed by atoms with Crippen molar-refractivity contribution >= 4 is 11.6 Å². The van der Waals surface area contributed by atoms with Crippen molar-refractivity contribution < 1.29 is 0 Å². The Labute approximate surface area is 76.0 Å². The zero-order valence-electron chi connectivity index (χ0n) is 6.42. The first-order valence-electron chi connectivity index (χ1n) is 3.51. The van der Waals surface area contributed by atoms with E-state index in [2.05, 4.69) is 10.3 Å². The van der Waals surface area contributed by atoms with E-state index < -0.39 is 0 Å². The summed E-state index contributed by atoms with van der Waals surface area (Å²) < 4.78 is 0. The highest BCUT2D eigenvalue weighted by atomic mass is 35.5. The van der Waals surface area contributed by atoms with Crippen LogP contribution in [-0.4, -0.2) is 11.5 Å². The topological polar surface area (TPSA) is 48.7 Å². The molecular weight excluding hydrogens is 174 g/mol. The highest BCUT2D eigenvalue weighted by Crippen LogP contribution is 2.10. The summed E-state index contributed by atoms with van der Waals surface area (Å²) in [7, 11) is 0. The van der Waals surface area contributed by atoms with Crippen molar-refractivity contribution in [2.75, 3.05) is 6.54 Å². The Hall–Kier alpha value is -1.11. The third-order valence-corrected chi connectivity index (χ3v) is 1.70. The lowest BCUT2D eigenvalue weighted by atomic mass is 10.3. The van der Waals surface area contributed by atoms with Gasteiger partial charge in [0, 0.05) is 18.3 Å². The van der Waals surface area contributed by atoms with E-state index in [9.17, 15) is 0 Å². The molecule has 12 heavy (non-hydrogen) atoms. The molecule has 1 aromatic heterocycles. The molecule has 0 radical (unpaired) electrons. The van der Waals surface area contributed by atoms with Crippen LogP contribution >= 0.6 is 11.6 Å². The Bertz CT molecular complexity index is 293. The Kier molecular flexibility index (Phi) is 3.52. The molecule has 0 aliphatic carbocycles. The van der Waals surface area contributed by atoms with Crippen LogP contribution < -0.4 is 5.32 Å². The quantitative estimate of drug-likeness (QED) is 0.435. The van der Waals surface area contributed by atoms with Gasteiger partial charge in [-0.3, -0.25) is 0 Å². The van der Waals surface area contributed by atoms with Crippen molar-refractivity contribution in [3.8, 4) is 6.07 Å². The van der Waals surface area contributed by atoms with Crippen molar-refractivity contribution in [2.45, 2.75) is 6.54 Å². The van der Waals surface area contributed by atoms with Crippen molar-refractivity contribution in [1.29, 1.82) is 5.26 Å². The fourth-order valence-corrected chi connectivity index (χ4v) is 0.990. The lowest BCUT2D eigenvalue weighted by Gasteiger charge is -2.01. The molecule has 0 bridgehead atoms. The Balaban J connectivity index is 2.53. The third-order valence-electron chi connectivity index (χ3n) is 1.36. The van der Waals surface area contributed by atoms with E-state index in [-0.39, 0.29) is 0 Å². The van der Waals surface area contributed by atoms with Crippen LogP contribution in [0.15, 0.2) is 18.3 Å². The standard InChI is InChI=1S/C8H8ClN3/c9-8-7(2-1-4-12-8)6-11-5-3-10/h1-2,4,11H,5-6H2. The van der Waals surface area contributed by atoms with Crippen LogP contribution in [0.2, 0.25) is 5.15 Å². The van der Waals surface area contributed by atoms with Crippen LogP contribution in [0.5, 0.6) is 0 Å². The van der Waals surface area contributed by atoms with Crippen LogP contribution in [-0.2, 0) is 6.54 Å². The lowest BCUT2D eigenvalue weighted by molar-refractivity contribution is 0.762. The summed E-state index contributed by atoms with van der Waals surface area (Å²) in [6.07, 6.45) is 1.64. The number of hydrogen-bond acceptors (Lipinski definition) is 3. The van der Waals surface area contributed by atoms with Gasteiger partial charge in [-0.05, 0) is 6.07 Å². The molecule has 0 atom stereocenters. The Morgan fingerprint density at radius 1 is 1.67 bits per heavy atom. The molecule has 1 rings (SSSR count). The maximum atomic E-state index is 8.25. The minimum Gasteiger partial charge on any atom is -0.300 e. The molecule has 0 fully saturated rings. The van der Waals surface area contributed by atoms with Gasteiger partial charge in [0.15, 0.2) is 0 Å². The number of pyridine rings is 1. The molecule has 0 aliphatic rings. The van der Waals surface area contributed by atoms with E-state index in [4.69, 9.17) is 16.9 Å². The minimum atomic E-state index is 0.325. The van der Waals surface area contributed by atoms with Crippen molar-refractivity contribution in [1.82, 2.24) is 10.3 Å². The van der Waals surface area contributed by atoms with Gasteiger partial charge in [0.1, 0.15) is 5.15 Å². The maximum Gasteiger partial charge on any atom is 0.133 e. The van der Waals surface area contributed by atoms with Crippen molar-refractivity contribution in [3.63, 3.8) is 0 Å². The highest BCUT2D eigenvalue weighted by molar-refractivity contribution is 6.30. The summed E-state index contributed by atoms with van der Waals surface area (Å²) in [5.41, 5.74) is 0.911. The van der Waals surface area contributed by atoms with Gasteiger partial charge in [0.05, 0.1) is 12.6 Å². The van der Waals surface area contributed by atoms with Gasteiger partial charge >= 0.3 is 0 Å². The second-order valence-electron chi connectivity index (χ2n) is 2.22. The minimum absolute atomic E-state index is 0.325. The molecule has 1 aromatic rings. The molecular formula is C8H8ClN3. The first-order valence-corrected chi connectivity index (χ1v) is 3.89. The number of nitrogens with one attached hydrogen (secondary N) is 1. The monoisotopic (exact) mass is 181 g/mol. The van der Waals surface area contributed by atoms with E-state index in [0.717, 1.165) is 5.56 Å². The normalized spacial score (nSPS) is 9.33. The zero-order chi connectivity index (χ0) is 8.81. The van der Waals surface area contributed by atoms with E-state index in [1.165, 1.54) is 0 Å². The average Bonchev–Trinajstić information content (AvgIpc) is 2.09. The second-order valence-corrected chi connectivity index (χ2v) is 2.57. The number of rotatable bonds is 3. The fourth-order valence-electron chi connectivity index (χ4n) is 0.804. The fraction of sp³-hybridized carbons (Fsp3) is 0.250. The first-order chi connectivity index (χ1) is 5.84. The summed E-state index contributed by atoms with van der Waals surface area (Å²) in [6.45, 7) is 0.908. The second kappa shape index (κ2) is 4.70. The molecule has 0 spiro atoms. The molecule has 3 nitrogen and oxygen atoms in total. The van der Waals surface area contributed by atoms with E-state index in [1.807, 2.05) is 18.2 Å². The van der Waals surface area contributed by atoms with Crippen LogP contribution in [0.3, 0.4) is 0 Å². The molecule has 0 aliphatic heterocycles.